The number of benzene rings is 1. The summed E-state index contributed by atoms with van der Waals surface area (Å²) in [6.45, 7) is 0. The van der Waals surface area contributed by atoms with Gasteiger partial charge in [0.05, 0.1) is 7.11 Å². The fourth-order valence-electron chi connectivity index (χ4n) is 1.60. The summed E-state index contributed by atoms with van der Waals surface area (Å²) < 4.78 is 5.76. The molecule has 1 N–H and O–H groups in total. The van der Waals surface area contributed by atoms with Crippen LogP contribution in [-0.2, 0) is 9.53 Å². The molecule has 0 spiro atoms. The van der Waals surface area contributed by atoms with E-state index in [1.54, 1.807) is 0 Å². The molecule has 4 heteroatoms. The molecule has 0 saturated heterocycles. The van der Waals surface area contributed by atoms with Crippen molar-refractivity contribution in [2.75, 3.05) is 7.11 Å². The van der Waals surface area contributed by atoms with Crippen molar-refractivity contribution in [1.29, 1.82) is 0 Å². The molecule has 2 rings (SSSR count). The van der Waals surface area contributed by atoms with Crippen molar-refractivity contribution in [3.8, 4) is 0 Å². The average Bonchev–Trinajstić information content (AvgIpc) is 3.10. The fraction of sp³-hybridized carbons (Fsp3) is 0.417. The van der Waals surface area contributed by atoms with Gasteiger partial charge in [-0.05, 0) is 24.5 Å². The molecule has 0 amide bonds. The van der Waals surface area contributed by atoms with Crippen LogP contribution in [-0.4, -0.2) is 19.1 Å². The minimum atomic E-state index is -0.368. The van der Waals surface area contributed by atoms with Crippen molar-refractivity contribution in [3.05, 3.63) is 34.3 Å². The van der Waals surface area contributed by atoms with Crippen LogP contribution in [0.15, 0.2) is 28.7 Å². The Labute approximate surface area is 103 Å². The molecule has 0 aromatic heterocycles. The second-order valence-corrected chi connectivity index (χ2v) is 4.77. The Hall–Kier alpha value is -0.870. The van der Waals surface area contributed by atoms with Crippen molar-refractivity contribution in [3.63, 3.8) is 0 Å². The zero-order valence-corrected chi connectivity index (χ0v) is 10.7. The Morgan fingerprint density at radius 1 is 1.50 bits per heavy atom. The molecule has 0 heterocycles. The van der Waals surface area contributed by atoms with Crippen molar-refractivity contribution in [1.82, 2.24) is 5.32 Å². The Kier molecular flexibility index (Phi) is 3.61. The highest BCUT2D eigenvalue weighted by molar-refractivity contribution is 9.10. The minimum Gasteiger partial charge on any atom is -0.468 e. The Bertz CT molecular complexity index is 390. The van der Waals surface area contributed by atoms with E-state index in [1.165, 1.54) is 7.11 Å². The van der Waals surface area contributed by atoms with E-state index in [0.29, 0.717) is 6.04 Å². The van der Waals surface area contributed by atoms with Crippen LogP contribution in [0, 0.1) is 0 Å². The van der Waals surface area contributed by atoms with Gasteiger partial charge >= 0.3 is 5.97 Å². The van der Waals surface area contributed by atoms with Crippen molar-refractivity contribution in [2.24, 2.45) is 0 Å². The molecule has 1 aromatic carbocycles. The topological polar surface area (TPSA) is 38.3 Å². The van der Waals surface area contributed by atoms with Crippen LogP contribution in [0.25, 0.3) is 0 Å². The van der Waals surface area contributed by atoms with Gasteiger partial charge in [0.2, 0.25) is 0 Å². The van der Waals surface area contributed by atoms with Gasteiger partial charge in [-0.15, -0.1) is 0 Å². The van der Waals surface area contributed by atoms with E-state index in [0.717, 1.165) is 22.9 Å². The van der Waals surface area contributed by atoms with E-state index >= 15 is 0 Å². The molecule has 16 heavy (non-hydrogen) atoms. The predicted molar refractivity (Wildman–Crippen MR) is 65.1 cm³/mol. The molecule has 1 aliphatic rings. The molecule has 0 bridgehead atoms. The first kappa shape index (κ1) is 11.6. The third kappa shape index (κ3) is 2.62. The van der Waals surface area contributed by atoms with Crippen LogP contribution < -0.4 is 5.32 Å². The number of carbonyl (C=O) groups excluding carboxylic acids is 1. The lowest BCUT2D eigenvalue weighted by atomic mass is 10.1. The molecule has 3 nitrogen and oxygen atoms in total. The molecule has 1 saturated carbocycles. The van der Waals surface area contributed by atoms with Gasteiger partial charge in [-0.2, -0.15) is 0 Å². The Morgan fingerprint density at radius 3 is 2.75 bits per heavy atom. The largest absolute Gasteiger partial charge is 0.468 e. The minimum absolute atomic E-state index is 0.237. The zero-order chi connectivity index (χ0) is 11.5. The Morgan fingerprint density at radius 2 is 2.19 bits per heavy atom. The van der Waals surface area contributed by atoms with Gasteiger partial charge in [0.25, 0.3) is 0 Å². The number of ether oxygens (including phenoxy) is 1. The summed E-state index contributed by atoms with van der Waals surface area (Å²) in [5, 5.41) is 3.29. The lowest BCUT2D eigenvalue weighted by Crippen LogP contribution is -2.31. The van der Waals surface area contributed by atoms with Gasteiger partial charge in [-0.1, -0.05) is 34.1 Å². The number of hydrogen-bond donors (Lipinski definition) is 1. The molecule has 1 fully saturated rings. The first-order valence-corrected chi connectivity index (χ1v) is 6.10. The summed E-state index contributed by atoms with van der Waals surface area (Å²) in [5.41, 5.74) is 0.932. The molecular formula is C12H14BrNO2. The summed E-state index contributed by atoms with van der Waals surface area (Å²) in [5.74, 6) is -0.237. The first-order valence-electron chi connectivity index (χ1n) is 5.30. The van der Waals surface area contributed by atoms with E-state index in [1.807, 2.05) is 24.3 Å². The number of rotatable bonds is 4. The smallest absolute Gasteiger partial charge is 0.327 e. The molecule has 1 unspecified atom stereocenters. The SMILES string of the molecule is COC(=O)C(NC1CC1)c1ccccc1Br. The van der Waals surface area contributed by atoms with Crippen LogP contribution in [0.1, 0.15) is 24.4 Å². The maximum Gasteiger partial charge on any atom is 0.327 e. The monoisotopic (exact) mass is 283 g/mol. The lowest BCUT2D eigenvalue weighted by molar-refractivity contribution is -0.143. The number of nitrogens with one attached hydrogen (secondary N) is 1. The summed E-state index contributed by atoms with van der Waals surface area (Å²) in [6.07, 6.45) is 2.27. The highest BCUT2D eigenvalue weighted by atomic mass is 79.9. The van der Waals surface area contributed by atoms with Gasteiger partial charge in [-0.3, -0.25) is 5.32 Å². The highest BCUT2D eigenvalue weighted by Crippen LogP contribution is 2.28. The van der Waals surface area contributed by atoms with Gasteiger partial charge in [0.1, 0.15) is 6.04 Å². The zero-order valence-electron chi connectivity index (χ0n) is 9.07. The average molecular weight is 284 g/mol. The van der Waals surface area contributed by atoms with Crippen molar-refractivity contribution < 1.29 is 9.53 Å². The predicted octanol–water partition coefficient (Wildman–Crippen LogP) is 2.42. The normalized spacial score (nSPS) is 16.9. The van der Waals surface area contributed by atoms with Crippen LogP contribution in [0.4, 0.5) is 0 Å². The quantitative estimate of drug-likeness (QED) is 0.863. The van der Waals surface area contributed by atoms with E-state index in [9.17, 15) is 4.79 Å². The molecule has 0 aliphatic heterocycles. The van der Waals surface area contributed by atoms with Gasteiger partial charge in [-0.25, -0.2) is 4.79 Å². The van der Waals surface area contributed by atoms with E-state index < -0.39 is 0 Å². The summed E-state index contributed by atoms with van der Waals surface area (Å²) in [6, 6.07) is 7.80. The summed E-state index contributed by atoms with van der Waals surface area (Å²) in [7, 11) is 1.42. The summed E-state index contributed by atoms with van der Waals surface area (Å²) in [4.78, 5) is 11.7. The Balaban J connectivity index is 2.22. The fourth-order valence-corrected chi connectivity index (χ4v) is 2.11. The molecule has 1 atom stereocenters. The van der Waals surface area contributed by atoms with E-state index in [4.69, 9.17) is 4.74 Å². The number of esters is 1. The van der Waals surface area contributed by atoms with Crippen LogP contribution in [0.2, 0.25) is 0 Å². The molecular weight excluding hydrogens is 270 g/mol. The van der Waals surface area contributed by atoms with Gasteiger partial charge < -0.3 is 4.74 Å². The second kappa shape index (κ2) is 4.97. The van der Waals surface area contributed by atoms with Gasteiger partial charge in [0, 0.05) is 10.5 Å². The van der Waals surface area contributed by atoms with Crippen LogP contribution in [0.5, 0.6) is 0 Å². The van der Waals surface area contributed by atoms with Gasteiger partial charge in [0.15, 0.2) is 0 Å². The molecule has 0 radical (unpaired) electrons. The lowest BCUT2D eigenvalue weighted by Gasteiger charge is -2.17. The standard InChI is InChI=1S/C12H14BrNO2/c1-16-12(15)11(14-8-6-7-8)9-4-2-3-5-10(9)13/h2-5,8,11,14H,6-7H2,1H3. The van der Waals surface area contributed by atoms with Crippen LogP contribution >= 0.6 is 15.9 Å². The van der Waals surface area contributed by atoms with E-state index in [-0.39, 0.29) is 12.0 Å². The number of hydrogen-bond acceptors (Lipinski definition) is 3. The van der Waals surface area contributed by atoms with Crippen LogP contribution in [0.3, 0.4) is 0 Å². The molecule has 1 aliphatic carbocycles. The maximum absolute atomic E-state index is 11.7. The molecule has 1 aromatic rings. The second-order valence-electron chi connectivity index (χ2n) is 3.92. The van der Waals surface area contributed by atoms with Crippen molar-refractivity contribution in [2.45, 2.75) is 24.9 Å². The molecule has 86 valence electrons. The third-order valence-electron chi connectivity index (χ3n) is 2.63. The van der Waals surface area contributed by atoms with Crippen molar-refractivity contribution >= 4 is 21.9 Å². The highest BCUT2D eigenvalue weighted by Gasteiger charge is 2.30. The number of carbonyl (C=O) groups is 1. The number of methoxy groups -OCH3 is 1. The number of halogens is 1. The first-order chi connectivity index (χ1) is 7.72. The third-order valence-corrected chi connectivity index (χ3v) is 3.36. The maximum atomic E-state index is 11.7. The van der Waals surface area contributed by atoms with E-state index in [2.05, 4.69) is 21.2 Å². The summed E-state index contributed by atoms with van der Waals surface area (Å²) >= 11 is 3.46.